The van der Waals surface area contributed by atoms with Crippen LogP contribution in [0.3, 0.4) is 0 Å². The molecule has 0 unspecified atom stereocenters. The molecular formula is C18H22N2O4. The van der Waals surface area contributed by atoms with Gasteiger partial charge >= 0.3 is 0 Å². The quantitative estimate of drug-likeness (QED) is 0.930. The van der Waals surface area contributed by atoms with E-state index in [-0.39, 0.29) is 30.1 Å². The number of ether oxygens (including phenoxy) is 1. The first-order valence-corrected chi connectivity index (χ1v) is 8.49. The molecule has 1 saturated heterocycles. The van der Waals surface area contributed by atoms with E-state index in [0.717, 1.165) is 24.6 Å². The molecule has 0 radical (unpaired) electrons. The normalized spacial score (nSPS) is 29.8. The second-order valence-corrected chi connectivity index (χ2v) is 6.85. The van der Waals surface area contributed by atoms with Crippen molar-refractivity contribution < 1.29 is 19.2 Å². The number of amides is 1. The minimum atomic E-state index is -0.362. The lowest BCUT2D eigenvalue weighted by molar-refractivity contribution is -0.139. The predicted molar refractivity (Wildman–Crippen MR) is 87.4 cm³/mol. The van der Waals surface area contributed by atoms with Crippen LogP contribution in [0.4, 0.5) is 0 Å². The number of hydrogen-bond donors (Lipinski definition) is 1. The smallest absolute Gasteiger partial charge is 0.229 e. The Labute approximate surface area is 140 Å². The van der Waals surface area contributed by atoms with E-state index >= 15 is 0 Å². The van der Waals surface area contributed by atoms with Gasteiger partial charge in [-0.3, -0.25) is 4.79 Å². The Morgan fingerprint density at radius 2 is 2.29 bits per heavy atom. The Bertz CT molecular complexity index is 758. The number of fused-ring (bicyclic) bond motifs is 2. The van der Waals surface area contributed by atoms with Gasteiger partial charge in [0.25, 0.3) is 0 Å². The van der Waals surface area contributed by atoms with Gasteiger partial charge in [-0.15, -0.1) is 0 Å². The molecule has 0 bridgehead atoms. The van der Waals surface area contributed by atoms with Crippen LogP contribution in [-0.2, 0) is 16.0 Å². The van der Waals surface area contributed by atoms with Crippen LogP contribution in [0, 0.1) is 0 Å². The summed E-state index contributed by atoms with van der Waals surface area (Å²) in [5.74, 6) is 0.0204. The number of methoxy groups -OCH3 is 1. The van der Waals surface area contributed by atoms with Crippen LogP contribution in [0.2, 0.25) is 0 Å². The molecular weight excluding hydrogens is 308 g/mol. The average molecular weight is 330 g/mol. The number of benzene rings is 1. The van der Waals surface area contributed by atoms with E-state index in [2.05, 4.69) is 5.16 Å². The number of carbonyl (C=O) groups is 1. The summed E-state index contributed by atoms with van der Waals surface area (Å²) in [7, 11) is 1.71. The standard InChI is InChI=1S/C18H22N2O4/c1-23-18-7-6-12(21)10-16(18)20(9-8-18)17(22)11-14-13-4-2-3-5-15(13)24-19-14/h2-5,12,16,21H,6-11H2,1H3/t12-,16-,18+/m0/s1. The van der Waals surface area contributed by atoms with Crippen molar-refractivity contribution in [2.75, 3.05) is 13.7 Å². The van der Waals surface area contributed by atoms with E-state index in [1.54, 1.807) is 7.11 Å². The van der Waals surface area contributed by atoms with Crippen molar-refractivity contribution in [3.63, 3.8) is 0 Å². The third-order valence-electron chi connectivity index (χ3n) is 5.65. The number of para-hydroxylation sites is 1. The van der Waals surface area contributed by atoms with Gasteiger partial charge in [0.15, 0.2) is 5.58 Å². The monoisotopic (exact) mass is 330 g/mol. The maximum absolute atomic E-state index is 12.9. The van der Waals surface area contributed by atoms with Gasteiger partial charge in [0.2, 0.25) is 5.91 Å². The van der Waals surface area contributed by atoms with Crippen LogP contribution in [0.15, 0.2) is 28.8 Å². The van der Waals surface area contributed by atoms with E-state index in [1.165, 1.54) is 0 Å². The van der Waals surface area contributed by atoms with Gasteiger partial charge in [0.1, 0.15) is 5.69 Å². The number of aliphatic hydroxyl groups excluding tert-OH is 1. The molecule has 1 aliphatic heterocycles. The van der Waals surface area contributed by atoms with Crippen LogP contribution in [0.1, 0.15) is 31.4 Å². The number of aliphatic hydroxyl groups is 1. The molecule has 0 spiro atoms. The van der Waals surface area contributed by atoms with Crippen molar-refractivity contribution in [1.29, 1.82) is 0 Å². The first-order chi connectivity index (χ1) is 11.6. The lowest BCUT2D eigenvalue weighted by Gasteiger charge is -2.42. The number of likely N-dealkylation sites (tertiary alicyclic amines) is 1. The summed E-state index contributed by atoms with van der Waals surface area (Å²) in [5.41, 5.74) is 1.06. The number of hydrogen-bond acceptors (Lipinski definition) is 5. The zero-order valence-corrected chi connectivity index (χ0v) is 13.8. The van der Waals surface area contributed by atoms with Gasteiger partial charge in [-0.25, -0.2) is 0 Å². The van der Waals surface area contributed by atoms with Crippen LogP contribution in [0.5, 0.6) is 0 Å². The molecule has 6 nitrogen and oxygen atoms in total. The zero-order valence-electron chi connectivity index (χ0n) is 13.8. The lowest BCUT2D eigenvalue weighted by atomic mass is 9.79. The Morgan fingerprint density at radius 1 is 1.46 bits per heavy atom. The molecule has 24 heavy (non-hydrogen) atoms. The fourth-order valence-electron chi connectivity index (χ4n) is 4.29. The van der Waals surface area contributed by atoms with Crippen LogP contribution in [0.25, 0.3) is 11.0 Å². The Hall–Kier alpha value is -1.92. The highest BCUT2D eigenvalue weighted by Crippen LogP contribution is 2.42. The maximum atomic E-state index is 12.9. The van der Waals surface area contributed by atoms with Gasteiger partial charge in [-0.1, -0.05) is 17.3 Å². The van der Waals surface area contributed by atoms with Crippen LogP contribution >= 0.6 is 0 Å². The SMILES string of the molecule is CO[C@@]12CC[C@H](O)C[C@@H]1N(C(=O)Cc1noc3ccccc13)CC2. The minimum absolute atomic E-state index is 0.0204. The molecule has 1 aliphatic carbocycles. The molecule has 1 amide bonds. The molecule has 1 aromatic carbocycles. The largest absolute Gasteiger partial charge is 0.393 e. The number of aromatic nitrogens is 1. The fraction of sp³-hybridized carbons (Fsp3) is 0.556. The minimum Gasteiger partial charge on any atom is -0.393 e. The third kappa shape index (κ3) is 2.41. The summed E-state index contributed by atoms with van der Waals surface area (Å²) < 4.78 is 11.1. The van der Waals surface area contributed by atoms with Crippen molar-refractivity contribution in [2.24, 2.45) is 0 Å². The number of rotatable bonds is 3. The van der Waals surface area contributed by atoms with Crippen molar-refractivity contribution in [1.82, 2.24) is 10.1 Å². The summed E-state index contributed by atoms with van der Waals surface area (Å²) >= 11 is 0. The van der Waals surface area contributed by atoms with Crippen LogP contribution in [-0.4, -0.2) is 52.5 Å². The number of carbonyl (C=O) groups excluding carboxylic acids is 1. The molecule has 2 aromatic rings. The molecule has 128 valence electrons. The summed E-state index contributed by atoms with van der Waals surface area (Å²) in [6.45, 7) is 0.667. The second-order valence-electron chi connectivity index (χ2n) is 6.85. The van der Waals surface area contributed by atoms with E-state index in [1.807, 2.05) is 29.2 Å². The van der Waals surface area contributed by atoms with Crippen molar-refractivity contribution in [2.45, 2.75) is 49.9 Å². The topological polar surface area (TPSA) is 75.8 Å². The predicted octanol–water partition coefficient (Wildman–Crippen LogP) is 1.90. The molecule has 2 fully saturated rings. The Kier molecular flexibility index (Phi) is 3.81. The fourth-order valence-corrected chi connectivity index (χ4v) is 4.29. The first-order valence-electron chi connectivity index (χ1n) is 8.49. The van der Waals surface area contributed by atoms with E-state index in [9.17, 15) is 9.90 Å². The molecule has 2 aliphatic rings. The van der Waals surface area contributed by atoms with Crippen molar-refractivity contribution >= 4 is 16.9 Å². The molecule has 6 heteroatoms. The lowest BCUT2D eigenvalue weighted by Crippen LogP contribution is -2.53. The molecule has 1 saturated carbocycles. The maximum Gasteiger partial charge on any atom is 0.229 e. The van der Waals surface area contributed by atoms with Crippen molar-refractivity contribution in [3.8, 4) is 0 Å². The molecule has 1 aromatic heterocycles. The first kappa shape index (κ1) is 15.6. The molecule has 1 N–H and O–H groups in total. The van der Waals surface area contributed by atoms with E-state index in [0.29, 0.717) is 24.2 Å². The van der Waals surface area contributed by atoms with Crippen molar-refractivity contribution in [3.05, 3.63) is 30.0 Å². The van der Waals surface area contributed by atoms with E-state index in [4.69, 9.17) is 9.26 Å². The van der Waals surface area contributed by atoms with Gasteiger partial charge < -0.3 is 19.3 Å². The zero-order chi connectivity index (χ0) is 16.7. The summed E-state index contributed by atoms with van der Waals surface area (Å²) in [4.78, 5) is 14.8. The number of nitrogens with zero attached hydrogens (tertiary/aromatic N) is 2. The van der Waals surface area contributed by atoms with Gasteiger partial charge in [0, 0.05) is 19.0 Å². The summed E-state index contributed by atoms with van der Waals surface area (Å²) in [6.07, 6.45) is 2.79. The van der Waals surface area contributed by atoms with Gasteiger partial charge in [0.05, 0.1) is 24.2 Å². The summed E-state index contributed by atoms with van der Waals surface area (Å²) in [6, 6.07) is 7.51. The third-order valence-corrected chi connectivity index (χ3v) is 5.65. The van der Waals surface area contributed by atoms with Gasteiger partial charge in [-0.05, 0) is 37.8 Å². The highest BCUT2D eigenvalue weighted by atomic mass is 16.5. The van der Waals surface area contributed by atoms with Crippen LogP contribution < -0.4 is 0 Å². The Morgan fingerprint density at radius 3 is 3.12 bits per heavy atom. The highest BCUT2D eigenvalue weighted by molar-refractivity contribution is 5.86. The Balaban J connectivity index is 1.56. The average Bonchev–Trinajstić information content (AvgIpc) is 3.17. The summed E-state index contributed by atoms with van der Waals surface area (Å²) in [5, 5.41) is 15.0. The van der Waals surface area contributed by atoms with Gasteiger partial charge in [-0.2, -0.15) is 0 Å². The molecule has 2 heterocycles. The second kappa shape index (κ2) is 5.86. The molecule has 4 rings (SSSR count). The van der Waals surface area contributed by atoms with E-state index < -0.39 is 0 Å². The highest BCUT2D eigenvalue weighted by Gasteiger charge is 2.52. The molecule has 3 atom stereocenters.